The van der Waals surface area contributed by atoms with Crippen LogP contribution in [-0.2, 0) is 6.54 Å². The molecule has 0 saturated carbocycles. The monoisotopic (exact) mass is 317 g/mol. The number of methoxy groups -OCH3 is 1. The van der Waals surface area contributed by atoms with Crippen LogP contribution in [0.2, 0.25) is 0 Å². The molecule has 0 fully saturated rings. The highest BCUT2D eigenvalue weighted by Gasteiger charge is 2.26. The highest BCUT2D eigenvalue weighted by atomic mass is 19.4. The smallest absolute Gasteiger partial charge is 0.390 e. The standard InChI is InChI=1S/C15H22F3N3O/c1-4-19-14(20-8-7-15(16,17)18)21-10-12-5-6-13(22-3)11(2)9-12/h5-6,9H,4,7-8,10H2,1-3H3,(H2,19,20,21). The van der Waals surface area contributed by atoms with Crippen molar-refractivity contribution >= 4 is 5.96 Å². The molecule has 4 nitrogen and oxygen atoms in total. The Labute approximate surface area is 128 Å². The maximum absolute atomic E-state index is 12.1. The van der Waals surface area contributed by atoms with E-state index in [4.69, 9.17) is 4.74 Å². The molecule has 0 bridgehead atoms. The van der Waals surface area contributed by atoms with E-state index < -0.39 is 12.6 Å². The zero-order valence-electron chi connectivity index (χ0n) is 13.0. The van der Waals surface area contributed by atoms with Crippen LogP contribution in [0.5, 0.6) is 5.75 Å². The van der Waals surface area contributed by atoms with Crippen molar-refractivity contribution < 1.29 is 17.9 Å². The summed E-state index contributed by atoms with van der Waals surface area (Å²) in [5.74, 6) is 1.17. The molecule has 0 aliphatic carbocycles. The van der Waals surface area contributed by atoms with Crippen molar-refractivity contribution in [2.45, 2.75) is 33.0 Å². The predicted octanol–water partition coefficient (Wildman–Crippen LogP) is 3.01. The van der Waals surface area contributed by atoms with Crippen molar-refractivity contribution in [1.29, 1.82) is 0 Å². The Morgan fingerprint density at radius 2 is 2.00 bits per heavy atom. The van der Waals surface area contributed by atoms with Gasteiger partial charge in [-0.3, -0.25) is 0 Å². The third kappa shape index (κ3) is 6.69. The Morgan fingerprint density at radius 3 is 2.55 bits per heavy atom. The molecule has 0 amide bonds. The molecular formula is C15H22F3N3O. The third-order valence-electron chi connectivity index (χ3n) is 2.92. The van der Waals surface area contributed by atoms with Crippen LogP contribution < -0.4 is 15.4 Å². The minimum absolute atomic E-state index is 0.197. The van der Waals surface area contributed by atoms with Crippen LogP contribution in [0, 0.1) is 6.92 Å². The second-order valence-corrected chi connectivity index (χ2v) is 4.79. The van der Waals surface area contributed by atoms with Gasteiger partial charge in [0.25, 0.3) is 0 Å². The SMILES string of the molecule is CCNC(=NCc1ccc(OC)c(C)c1)NCCC(F)(F)F. The summed E-state index contributed by atoms with van der Waals surface area (Å²) in [7, 11) is 1.61. The summed E-state index contributed by atoms with van der Waals surface area (Å²) in [6, 6.07) is 5.68. The van der Waals surface area contributed by atoms with Crippen LogP contribution in [0.1, 0.15) is 24.5 Å². The quantitative estimate of drug-likeness (QED) is 0.626. The first-order valence-electron chi connectivity index (χ1n) is 7.08. The van der Waals surface area contributed by atoms with Crippen LogP contribution in [0.4, 0.5) is 13.2 Å². The van der Waals surface area contributed by atoms with Crippen LogP contribution >= 0.6 is 0 Å². The minimum atomic E-state index is -4.17. The lowest BCUT2D eigenvalue weighted by atomic mass is 10.1. The number of rotatable bonds is 6. The first-order chi connectivity index (χ1) is 10.4. The van der Waals surface area contributed by atoms with E-state index in [1.807, 2.05) is 32.0 Å². The molecule has 2 N–H and O–H groups in total. The maximum Gasteiger partial charge on any atom is 0.390 e. The number of hydrogen-bond donors (Lipinski definition) is 2. The van der Waals surface area contributed by atoms with E-state index in [2.05, 4.69) is 15.6 Å². The first kappa shape index (κ1) is 18.1. The number of alkyl halides is 3. The van der Waals surface area contributed by atoms with E-state index >= 15 is 0 Å². The van der Waals surface area contributed by atoms with E-state index in [-0.39, 0.29) is 6.54 Å². The Bertz CT molecular complexity index is 501. The maximum atomic E-state index is 12.1. The lowest BCUT2D eigenvalue weighted by Crippen LogP contribution is -2.38. The first-order valence-corrected chi connectivity index (χ1v) is 7.08. The average molecular weight is 317 g/mol. The lowest BCUT2D eigenvalue weighted by Gasteiger charge is -2.12. The molecular weight excluding hydrogens is 295 g/mol. The van der Waals surface area contributed by atoms with Crippen LogP contribution in [0.15, 0.2) is 23.2 Å². The fourth-order valence-corrected chi connectivity index (χ4v) is 1.87. The number of aryl methyl sites for hydroxylation is 1. The zero-order chi connectivity index (χ0) is 16.6. The van der Waals surface area contributed by atoms with Crippen molar-refractivity contribution in [3.8, 4) is 5.75 Å². The van der Waals surface area contributed by atoms with E-state index in [0.717, 1.165) is 16.9 Å². The van der Waals surface area contributed by atoms with E-state index in [9.17, 15) is 13.2 Å². The number of benzene rings is 1. The summed E-state index contributed by atoms with van der Waals surface area (Å²) >= 11 is 0. The van der Waals surface area contributed by atoms with Gasteiger partial charge < -0.3 is 15.4 Å². The van der Waals surface area contributed by atoms with E-state index in [1.165, 1.54) is 0 Å². The van der Waals surface area contributed by atoms with Gasteiger partial charge in [-0.2, -0.15) is 13.2 Å². The van der Waals surface area contributed by atoms with Crippen molar-refractivity contribution in [3.63, 3.8) is 0 Å². The number of halogens is 3. The van der Waals surface area contributed by atoms with E-state index in [0.29, 0.717) is 19.0 Å². The predicted molar refractivity (Wildman–Crippen MR) is 81.2 cm³/mol. The van der Waals surface area contributed by atoms with Crippen LogP contribution in [0.25, 0.3) is 0 Å². The molecule has 0 atom stereocenters. The number of nitrogens with zero attached hydrogens (tertiary/aromatic N) is 1. The topological polar surface area (TPSA) is 45.7 Å². The number of ether oxygens (including phenoxy) is 1. The van der Waals surface area contributed by atoms with Gasteiger partial charge in [-0.15, -0.1) is 0 Å². The molecule has 0 aromatic heterocycles. The second-order valence-electron chi connectivity index (χ2n) is 4.79. The van der Waals surface area contributed by atoms with Crippen LogP contribution in [0.3, 0.4) is 0 Å². The van der Waals surface area contributed by atoms with Gasteiger partial charge in [-0.25, -0.2) is 4.99 Å². The Hall–Kier alpha value is -1.92. The van der Waals surface area contributed by atoms with Gasteiger partial charge in [0.1, 0.15) is 5.75 Å². The summed E-state index contributed by atoms with van der Waals surface area (Å²) in [6.45, 7) is 4.56. The zero-order valence-corrected chi connectivity index (χ0v) is 13.0. The molecule has 0 aliphatic rings. The summed E-state index contributed by atoms with van der Waals surface area (Å²) in [4.78, 5) is 4.29. The van der Waals surface area contributed by atoms with Crippen molar-refractivity contribution in [3.05, 3.63) is 29.3 Å². The highest BCUT2D eigenvalue weighted by molar-refractivity contribution is 5.79. The molecule has 0 heterocycles. The molecule has 124 valence electrons. The van der Waals surface area contributed by atoms with Crippen molar-refractivity contribution in [1.82, 2.24) is 10.6 Å². The van der Waals surface area contributed by atoms with Gasteiger partial charge in [-0.05, 0) is 31.0 Å². The van der Waals surface area contributed by atoms with E-state index in [1.54, 1.807) is 7.11 Å². The van der Waals surface area contributed by atoms with Gasteiger partial charge >= 0.3 is 6.18 Å². The molecule has 7 heteroatoms. The number of guanidine groups is 1. The summed E-state index contributed by atoms with van der Waals surface area (Å²) in [6.07, 6.45) is -5.06. The summed E-state index contributed by atoms with van der Waals surface area (Å²) in [5.41, 5.74) is 1.96. The summed E-state index contributed by atoms with van der Waals surface area (Å²) in [5, 5.41) is 5.60. The molecule has 0 unspecified atom stereocenters. The molecule has 0 saturated heterocycles. The lowest BCUT2D eigenvalue weighted by molar-refractivity contribution is -0.132. The minimum Gasteiger partial charge on any atom is -0.496 e. The average Bonchev–Trinajstić information content (AvgIpc) is 2.43. The van der Waals surface area contributed by atoms with Crippen LogP contribution in [-0.4, -0.2) is 32.3 Å². The van der Waals surface area contributed by atoms with Gasteiger partial charge in [0.05, 0.1) is 20.1 Å². The second kappa shape index (κ2) is 8.51. The molecule has 1 aromatic carbocycles. The van der Waals surface area contributed by atoms with Crippen molar-refractivity contribution in [2.24, 2.45) is 4.99 Å². The van der Waals surface area contributed by atoms with Crippen molar-refractivity contribution in [2.75, 3.05) is 20.2 Å². The molecule has 22 heavy (non-hydrogen) atoms. The molecule has 1 aromatic rings. The number of aliphatic imine (C=N–C) groups is 1. The third-order valence-corrected chi connectivity index (χ3v) is 2.92. The Balaban J connectivity index is 2.63. The molecule has 0 spiro atoms. The largest absolute Gasteiger partial charge is 0.496 e. The highest BCUT2D eigenvalue weighted by Crippen LogP contribution is 2.19. The van der Waals surface area contributed by atoms with Gasteiger partial charge in [-0.1, -0.05) is 12.1 Å². The van der Waals surface area contributed by atoms with Gasteiger partial charge in [0.2, 0.25) is 0 Å². The molecule has 1 rings (SSSR count). The molecule has 0 radical (unpaired) electrons. The normalized spacial score (nSPS) is 12.2. The fraction of sp³-hybridized carbons (Fsp3) is 0.533. The fourth-order valence-electron chi connectivity index (χ4n) is 1.87. The summed E-state index contributed by atoms with van der Waals surface area (Å²) < 4.78 is 41.6. The van der Waals surface area contributed by atoms with Gasteiger partial charge in [0.15, 0.2) is 5.96 Å². The number of nitrogens with one attached hydrogen (secondary N) is 2. The Morgan fingerprint density at radius 1 is 1.27 bits per heavy atom. The number of hydrogen-bond acceptors (Lipinski definition) is 2. The Kier molecular flexibility index (Phi) is 7.01. The van der Waals surface area contributed by atoms with Gasteiger partial charge in [0, 0.05) is 13.1 Å². The molecule has 0 aliphatic heterocycles.